The molecule has 0 saturated carbocycles. The van der Waals surface area contributed by atoms with Crippen LogP contribution in [0.1, 0.15) is 6.42 Å². The van der Waals surface area contributed by atoms with Crippen molar-refractivity contribution in [2.75, 3.05) is 18.6 Å². The number of nitrogens with two attached hydrogens (primary N) is 1. The summed E-state index contributed by atoms with van der Waals surface area (Å²) in [7, 11) is 0. The van der Waals surface area contributed by atoms with Gasteiger partial charge in [0.05, 0.1) is 6.42 Å². The number of amides is 3. The van der Waals surface area contributed by atoms with Gasteiger partial charge in [-0.25, -0.2) is 9.59 Å². The lowest BCUT2D eigenvalue weighted by atomic mass is 10.2. The SMILES string of the molecule is CSCCNC(=O)N[C@@H](CC(N)=O)C(=O)O. The van der Waals surface area contributed by atoms with Crippen LogP contribution in [0, 0.1) is 0 Å². The minimum atomic E-state index is -1.29. The van der Waals surface area contributed by atoms with Gasteiger partial charge in [-0.15, -0.1) is 0 Å². The van der Waals surface area contributed by atoms with Crippen LogP contribution < -0.4 is 16.4 Å². The molecule has 0 unspecified atom stereocenters. The lowest BCUT2D eigenvalue weighted by Gasteiger charge is -2.13. The minimum absolute atomic E-state index is 0.425. The predicted molar refractivity (Wildman–Crippen MR) is 60.2 cm³/mol. The van der Waals surface area contributed by atoms with E-state index in [4.69, 9.17) is 10.8 Å². The topological polar surface area (TPSA) is 122 Å². The lowest BCUT2D eigenvalue weighted by molar-refractivity contribution is -0.140. The molecular weight excluding hydrogens is 234 g/mol. The Kier molecular flexibility index (Phi) is 7.10. The Morgan fingerprint density at radius 2 is 2.06 bits per heavy atom. The molecule has 8 heteroatoms. The molecule has 16 heavy (non-hydrogen) atoms. The molecule has 5 N–H and O–H groups in total. The highest BCUT2D eigenvalue weighted by molar-refractivity contribution is 7.98. The molecule has 0 bridgehead atoms. The van der Waals surface area contributed by atoms with Crippen molar-refractivity contribution in [2.24, 2.45) is 5.73 Å². The highest BCUT2D eigenvalue weighted by Gasteiger charge is 2.21. The van der Waals surface area contributed by atoms with Crippen LogP contribution in [-0.4, -0.2) is 47.6 Å². The number of urea groups is 1. The molecule has 0 aromatic carbocycles. The molecule has 0 saturated heterocycles. The van der Waals surface area contributed by atoms with Gasteiger partial charge in [0.2, 0.25) is 5.91 Å². The molecule has 0 radical (unpaired) electrons. The molecule has 92 valence electrons. The fourth-order valence-electron chi connectivity index (χ4n) is 0.877. The maximum Gasteiger partial charge on any atom is 0.326 e. The molecule has 0 aliphatic rings. The van der Waals surface area contributed by atoms with E-state index in [2.05, 4.69) is 10.6 Å². The Labute approximate surface area is 97.1 Å². The Balaban J connectivity index is 4.03. The minimum Gasteiger partial charge on any atom is -0.480 e. The van der Waals surface area contributed by atoms with Gasteiger partial charge in [-0.1, -0.05) is 0 Å². The zero-order valence-electron chi connectivity index (χ0n) is 8.86. The summed E-state index contributed by atoms with van der Waals surface area (Å²) in [6.45, 7) is 0.426. The summed E-state index contributed by atoms with van der Waals surface area (Å²) in [5.74, 6) is -1.35. The molecule has 0 heterocycles. The van der Waals surface area contributed by atoms with Crippen LogP contribution in [0.3, 0.4) is 0 Å². The maximum atomic E-state index is 11.2. The van der Waals surface area contributed by atoms with Crippen molar-refractivity contribution in [1.82, 2.24) is 10.6 Å². The van der Waals surface area contributed by atoms with Gasteiger partial charge in [0.1, 0.15) is 6.04 Å². The van der Waals surface area contributed by atoms with E-state index in [-0.39, 0.29) is 0 Å². The first kappa shape index (κ1) is 14.6. The maximum absolute atomic E-state index is 11.2. The molecule has 0 aliphatic heterocycles. The van der Waals surface area contributed by atoms with Crippen LogP contribution in [0.5, 0.6) is 0 Å². The third-order valence-electron chi connectivity index (χ3n) is 1.60. The van der Waals surface area contributed by atoms with Crippen LogP contribution >= 0.6 is 11.8 Å². The summed E-state index contributed by atoms with van der Waals surface area (Å²) < 4.78 is 0. The van der Waals surface area contributed by atoms with Crippen molar-refractivity contribution in [3.8, 4) is 0 Å². The second kappa shape index (κ2) is 7.80. The molecule has 7 nitrogen and oxygen atoms in total. The van der Waals surface area contributed by atoms with Crippen molar-refractivity contribution in [1.29, 1.82) is 0 Å². The first-order chi connectivity index (χ1) is 7.47. The first-order valence-corrected chi connectivity index (χ1v) is 5.91. The number of hydrogen-bond donors (Lipinski definition) is 4. The molecule has 1 atom stereocenters. The van der Waals surface area contributed by atoms with Gasteiger partial charge in [0.25, 0.3) is 0 Å². The summed E-state index contributed by atoms with van der Waals surface area (Å²) in [6, 6.07) is -1.91. The molecule has 0 aliphatic carbocycles. The largest absolute Gasteiger partial charge is 0.480 e. The van der Waals surface area contributed by atoms with Gasteiger partial charge in [0.15, 0.2) is 0 Å². The van der Waals surface area contributed by atoms with E-state index in [1.807, 2.05) is 6.26 Å². The van der Waals surface area contributed by atoms with Crippen molar-refractivity contribution < 1.29 is 19.5 Å². The molecule has 0 aromatic rings. The van der Waals surface area contributed by atoms with E-state index in [9.17, 15) is 14.4 Å². The van der Waals surface area contributed by atoms with Crippen molar-refractivity contribution >= 4 is 29.7 Å². The highest BCUT2D eigenvalue weighted by atomic mass is 32.2. The number of carbonyl (C=O) groups excluding carboxylic acids is 2. The van der Waals surface area contributed by atoms with Gasteiger partial charge in [0, 0.05) is 12.3 Å². The highest BCUT2D eigenvalue weighted by Crippen LogP contribution is 1.92. The van der Waals surface area contributed by atoms with Gasteiger partial charge in [-0.05, 0) is 6.26 Å². The average molecular weight is 249 g/mol. The number of primary amides is 1. The quantitative estimate of drug-likeness (QED) is 0.430. The van der Waals surface area contributed by atoms with Crippen LogP contribution in [0.2, 0.25) is 0 Å². The van der Waals surface area contributed by atoms with E-state index < -0.39 is 30.4 Å². The molecule has 0 aromatic heterocycles. The van der Waals surface area contributed by atoms with Crippen LogP contribution in [0.25, 0.3) is 0 Å². The predicted octanol–water partition coefficient (Wildman–Crippen LogP) is -1.02. The third kappa shape index (κ3) is 6.93. The molecule has 0 fully saturated rings. The summed E-state index contributed by atoms with van der Waals surface area (Å²) >= 11 is 1.55. The van der Waals surface area contributed by atoms with E-state index in [1.54, 1.807) is 11.8 Å². The molecule has 3 amide bonds. The monoisotopic (exact) mass is 249 g/mol. The number of carbonyl (C=O) groups is 3. The zero-order chi connectivity index (χ0) is 12.6. The van der Waals surface area contributed by atoms with Crippen molar-refractivity contribution in [3.63, 3.8) is 0 Å². The Bertz CT molecular complexity index is 272. The number of carboxylic acid groups (broad SMARTS) is 1. The zero-order valence-corrected chi connectivity index (χ0v) is 9.67. The molecule has 0 spiro atoms. The first-order valence-electron chi connectivity index (χ1n) is 4.51. The summed E-state index contributed by atoms with van der Waals surface area (Å²) in [5.41, 5.74) is 4.85. The summed E-state index contributed by atoms with van der Waals surface area (Å²) in [5, 5.41) is 13.3. The fraction of sp³-hybridized carbons (Fsp3) is 0.625. The van der Waals surface area contributed by atoms with E-state index in [0.29, 0.717) is 6.54 Å². The van der Waals surface area contributed by atoms with Crippen LogP contribution in [-0.2, 0) is 9.59 Å². The molecular formula is C8H15N3O4S. The second-order valence-electron chi connectivity index (χ2n) is 2.95. The normalized spacial score (nSPS) is 11.6. The third-order valence-corrected chi connectivity index (χ3v) is 2.21. The van der Waals surface area contributed by atoms with E-state index in [0.717, 1.165) is 5.75 Å². The van der Waals surface area contributed by atoms with Gasteiger partial charge >= 0.3 is 12.0 Å². The Morgan fingerprint density at radius 1 is 1.44 bits per heavy atom. The lowest BCUT2D eigenvalue weighted by Crippen LogP contribution is -2.48. The second-order valence-corrected chi connectivity index (χ2v) is 3.94. The van der Waals surface area contributed by atoms with Gasteiger partial charge < -0.3 is 21.5 Å². The van der Waals surface area contributed by atoms with Crippen molar-refractivity contribution in [3.05, 3.63) is 0 Å². The number of hydrogen-bond acceptors (Lipinski definition) is 4. The molecule has 0 rings (SSSR count). The van der Waals surface area contributed by atoms with Gasteiger partial charge in [-0.3, -0.25) is 4.79 Å². The number of carboxylic acids is 1. The van der Waals surface area contributed by atoms with E-state index in [1.165, 1.54) is 0 Å². The average Bonchev–Trinajstić information content (AvgIpc) is 2.16. The number of aliphatic carboxylic acids is 1. The summed E-state index contributed by atoms with van der Waals surface area (Å²) in [6.07, 6.45) is 1.46. The fourth-order valence-corrected chi connectivity index (χ4v) is 1.18. The van der Waals surface area contributed by atoms with Crippen molar-refractivity contribution in [2.45, 2.75) is 12.5 Å². The van der Waals surface area contributed by atoms with Crippen LogP contribution in [0.4, 0.5) is 4.79 Å². The van der Waals surface area contributed by atoms with Gasteiger partial charge in [-0.2, -0.15) is 11.8 Å². The number of thioether (sulfide) groups is 1. The van der Waals surface area contributed by atoms with Crippen LogP contribution in [0.15, 0.2) is 0 Å². The standard InChI is InChI=1S/C8H15N3O4S/c1-16-3-2-10-8(15)11-5(7(13)14)4-6(9)12/h5H,2-4H2,1H3,(H2,9,12)(H,13,14)(H2,10,11,15)/t5-/m0/s1. The Hall–Kier alpha value is -1.44. The number of rotatable bonds is 7. The summed E-state index contributed by atoms with van der Waals surface area (Å²) in [4.78, 5) is 32.4. The van der Waals surface area contributed by atoms with E-state index >= 15 is 0 Å². The smallest absolute Gasteiger partial charge is 0.326 e. The Morgan fingerprint density at radius 3 is 2.50 bits per heavy atom. The number of nitrogens with one attached hydrogen (secondary N) is 2.